The van der Waals surface area contributed by atoms with Crippen molar-refractivity contribution in [1.29, 1.82) is 0 Å². The number of nitrogens with zero attached hydrogens (tertiary/aromatic N) is 2. The highest BCUT2D eigenvalue weighted by atomic mass is 16.5. The third kappa shape index (κ3) is 4.75. The second-order valence-electron chi connectivity index (χ2n) is 4.53. The molecule has 21 heavy (non-hydrogen) atoms. The second-order valence-corrected chi connectivity index (χ2v) is 4.53. The average molecular weight is 291 g/mol. The molecule has 114 valence electrons. The Bertz CT molecular complexity index is 529. The van der Waals surface area contributed by atoms with Gasteiger partial charge in [-0.05, 0) is 37.6 Å². The first-order chi connectivity index (χ1) is 10.3. The molecule has 1 heterocycles. The highest BCUT2D eigenvalue weighted by molar-refractivity contribution is 5.43. The van der Waals surface area contributed by atoms with Gasteiger partial charge in [-0.1, -0.05) is 18.1 Å². The van der Waals surface area contributed by atoms with Gasteiger partial charge in [0.1, 0.15) is 0 Å². The summed E-state index contributed by atoms with van der Waals surface area (Å²) in [7, 11) is 0. The van der Waals surface area contributed by atoms with Gasteiger partial charge in [0.05, 0.1) is 6.61 Å². The third-order valence-electron chi connectivity index (χ3n) is 2.83. The van der Waals surface area contributed by atoms with Crippen molar-refractivity contribution in [2.45, 2.75) is 33.4 Å². The van der Waals surface area contributed by atoms with Crippen molar-refractivity contribution >= 4 is 0 Å². The monoisotopic (exact) mass is 291 g/mol. The van der Waals surface area contributed by atoms with Crippen molar-refractivity contribution in [1.82, 2.24) is 15.5 Å². The van der Waals surface area contributed by atoms with Crippen LogP contribution in [0.25, 0.3) is 0 Å². The molecule has 1 N–H and O–H groups in total. The third-order valence-corrected chi connectivity index (χ3v) is 2.83. The van der Waals surface area contributed by atoms with Crippen molar-refractivity contribution in [2.24, 2.45) is 0 Å². The fraction of sp³-hybridized carbons (Fsp3) is 0.467. The van der Waals surface area contributed by atoms with E-state index in [1.165, 1.54) is 12.0 Å². The maximum atomic E-state index is 5.68. The van der Waals surface area contributed by atoms with E-state index in [-0.39, 0.29) is 6.61 Å². The van der Waals surface area contributed by atoms with Crippen molar-refractivity contribution in [3.8, 4) is 11.5 Å². The van der Waals surface area contributed by atoms with Gasteiger partial charge in [0.25, 0.3) is 0 Å². The Labute approximate surface area is 124 Å². The van der Waals surface area contributed by atoms with E-state index in [4.69, 9.17) is 9.47 Å². The zero-order chi connectivity index (χ0) is 14.9. The first-order valence-corrected chi connectivity index (χ1v) is 7.18. The minimum Gasteiger partial charge on any atom is -0.490 e. The van der Waals surface area contributed by atoms with Crippen LogP contribution < -0.4 is 14.8 Å². The van der Waals surface area contributed by atoms with Gasteiger partial charge in [0.2, 0.25) is 12.2 Å². The van der Waals surface area contributed by atoms with Crippen LogP contribution in [0.2, 0.25) is 0 Å². The molecule has 0 saturated heterocycles. The van der Waals surface area contributed by atoms with Gasteiger partial charge in [0, 0.05) is 6.54 Å². The molecule has 0 aliphatic carbocycles. The maximum absolute atomic E-state index is 5.68. The van der Waals surface area contributed by atoms with E-state index in [9.17, 15) is 0 Å². The van der Waals surface area contributed by atoms with E-state index in [0.717, 1.165) is 25.3 Å². The number of hydrogen-bond acceptors (Lipinski definition) is 6. The first-order valence-electron chi connectivity index (χ1n) is 7.18. The Morgan fingerprint density at radius 3 is 2.81 bits per heavy atom. The summed E-state index contributed by atoms with van der Waals surface area (Å²) < 4.78 is 16.0. The van der Waals surface area contributed by atoms with Gasteiger partial charge >= 0.3 is 0 Å². The molecule has 2 aromatic rings. The lowest BCUT2D eigenvalue weighted by Crippen LogP contribution is -2.13. The fourth-order valence-electron chi connectivity index (χ4n) is 1.86. The van der Waals surface area contributed by atoms with E-state index < -0.39 is 0 Å². The molecule has 0 aliphatic heterocycles. The highest BCUT2D eigenvalue weighted by Gasteiger charge is 2.08. The van der Waals surface area contributed by atoms with Crippen LogP contribution in [0.3, 0.4) is 0 Å². The molecule has 0 fully saturated rings. The molecular formula is C15H21N3O3. The van der Waals surface area contributed by atoms with Crippen LogP contribution in [0.4, 0.5) is 0 Å². The molecule has 0 saturated carbocycles. The Morgan fingerprint density at radius 1 is 1.19 bits per heavy atom. The Kier molecular flexibility index (Phi) is 6.02. The summed E-state index contributed by atoms with van der Waals surface area (Å²) in [5.74, 6) is 1.92. The lowest BCUT2D eigenvalue weighted by Gasteiger charge is -2.13. The summed E-state index contributed by atoms with van der Waals surface area (Å²) in [5.41, 5.74) is 1.17. The number of aromatic nitrogens is 2. The van der Waals surface area contributed by atoms with Crippen molar-refractivity contribution < 1.29 is 14.0 Å². The van der Waals surface area contributed by atoms with Crippen molar-refractivity contribution in [2.75, 3.05) is 13.2 Å². The molecule has 0 amide bonds. The second kappa shape index (κ2) is 8.26. The summed E-state index contributed by atoms with van der Waals surface area (Å²) in [6.07, 6.45) is 2.40. The van der Waals surface area contributed by atoms with Crippen LogP contribution in [-0.4, -0.2) is 23.3 Å². The lowest BCUT2D eigenvalue weighted by atomic mass is 10.2. The predicted octanol–water partition coefficient (Wildman–Crippen LogP) is 2.55. The normalized spacial score (nSPS) is 10.6. The minimum absolute atomic E-state index is 0.254. The number of benzene rings is 1. The maximum Gasteiger partial charge on any atom is 0.213 e. The average Bonchev–Trinajstić information content (AvgIpc) is 3.00. The molecule has 6 nitrogen and oxygen atoms in total. The minimum atomic E-state index is 0.254. The van der Waals surface area contributed by atoms with Crippen LogP contribution in [0.5, 0.6) is 11.5 Å². The van der Waals surface area contributed by atoms with Crippen LogP contribution >= 0.6 is 0 Å². The van der Waals surface area contributed by atoms with Gasteiger partial charge < -0.3 is 19.3 Å². The molecule has 0 unspecified atom stereocenters. The van der Waals surface area contributed by atoms with Gasteiger partial charge in [-0.2, -0.15) is 4.98 Å². The summed E-state index contributed by atoms with van der Waals surface area (Å²) in [5, 5.41) is 7.08. The molecule has 1 aromatic heterocycles. The van der Waals surface area contributed by atoms with Crippen molar-refractivity contribution in [3.05, 3.63) is 36.0 Å². The van der Waals surface area contributed by atoms with Crippen LogP contribution in [-0.2, 0) is 13.2 Å². The quantitative estimate of drug-likeness (QED) is 0.716. The van der Waals surface area contributed by atoms with Gasteiger partial charge in [-0.3, -0.25) is 0 Å². The number of ether oxygens (including phenoxy) is 2. The molecule has 6 heteroatoms. The molecule has 0 bridgehead atoms. The van der Waals surface area contributed by atoms with Gasteiger partial charge in [-0.15, -0.1) is 0 Å². The zero-order valence-corrected chi connectivity index (χ0v) is 12.5. The summed E-state index contributed by atoms with van der Waals surface area (Å²) >= 11 is 0. The van der Waals surface area contributed by atoms with E-state index >= 15 is 0 Å². The van der Waals surface area contributed by atoms with Crippen LogP contribution in [0.15, 0.2) is 29.1 Å². The number of rotatable bonds is 9. The Balaban J connectivity index is 2.01. The molecule has 2 rings (SSSR count). The molecule has 1 aromatic carbocycles. The smallest absolute Gasteiger partial charge is 0.213 e. The highest BCUT2D eigenvalue weighted by Crippen LogP contribution is 2.29. The van der Waals surface area contributed by atoms with Gasteiger partial charge in [0.15, 0.2) is 18.1 Å². The first kappa shape index (κ1) is 15.3. The molecule has 0 aliphatic rings. The lowest BCUT2D eigenvalue weighted by molar-refractivity contribution is 0.258. The topological polar surface area (TPSA) is 69.4 Å². The Hall–Kier alpha value is -2.08. The summed E-state index contributed by atoms with van der Waals surface area (Å²) in [4.78, 5) is 3.92. The van der Waals surface area contributed by atoms with Gasteiger partial charge in [-0.25, -0.2) is 0 Å². The predicted molar refractivity (Wildman–Crippen MR) is 78.2 cm³/mol. The standard InChI is InChI=1S/C15H21N3O3/c1-3-7-16-9-12-5-6-13(14(8-12)19-4-2)20-10-15-17-11-21-18-15/h5-6,8,11,16H,3-4,7,9-10H2,1-2H3. The number of nitrogens with one attached hydrogen (secondary N) is 1. The molecular weight excluding hydrogens is 270 g/mol. The Morgan fingerprint density at radius 2 is 2.10 bits per heavy atom. The van der Waals surface area contributed by atoms with Crippen LogP contribution in [0, 0.1) is 0 Å². The van der Waals surface area contributed by atoms with Crippen molar-refractivity contribution in [3.63, 3.8) is 0 Å². The number of hydrogen-bond donors (Lipinski definition) is 1. The largest absolute Gasteiger partial charge is 0.490 e. The zero-order valence-electron chi connectivity index (χ0n) is 12.5. The SMILES string of the molecule is CCCNCc1ccc(OCc2ncon2)c(OCC)c1. The molecule has 0 atom stereocenters. The fourth-order valence-corrected chi connectivity index (χ4v) is 1.86. The molecule has 0 spiro atoms. The summed E-state index contributed by atoms with van der Waals surface area (Å²) in [6, 6.07) is 5.93. The van der Waals surface area contributed by atoms with E-state index in [2.05, 4.69) is 26.9 Å². The van der Waals surface area contributed by atoms with E-state index in [1.54, 1.807) is 0 Å². The van der Waals surface area contributed by atoms with Crippen LogP contribution in [0.1, 0.15) is 31.7 Å². The summed E-state index contributed by atoms with van der Waals surface area (Å²) in [6.45, 7) is 6.76. The molecule has 0 radical (unpaired) electrons. The van der Waals surface area contributed by atoms with E-state index in [1.807, 2.05) is 25.1 Å². The van der Waals surface area contributed by atoms with E-state index in [0.29, 0.717) is 18.2 Å².